The molecule has 2 atom stereocenters. The highest BCUT2D eigenvalue weighted by Crippen LogP contribution is 2.53. The van der Waals surface area contributed by atoms with Crippen LogP contribution in [0.5, 0.6) is 5.06 Å². The monoisotopic (exact) mass is 596 g/mol. The topological polar surface area (TPSA) is 92.3 Å². The Balaban J connectivity index is 1.14. The van der Waals surface area contributed by atoms with Gasteiger partial charge in [0.25, 0.3) is 0 Å². The maximum absolute atomic E-state index is 13.4. The van der Waals surface area contributed by atoms with E-state index in [9.17, 15) is 13.2 Å². The molecule has 6 rings (SSSR count). The molecule has 2 saturated heterocycles. The Kier molecular flexibility index (Phi) is 7.56. The second-order valence-electron chi connectivity index (χ2n) is 12.0. The van der Waals surface area contributed by atoms with Crippen LogP contribution in [0, 0.1) is 17.8 Å². The number of piperidine rings is 1. The SMILES string of the molecule is CC(C)(C)c1ccc(S(=O)(=O)N2CC3C(CN(C(=O)Oc4cccs4)c4ccc(N5CCOCC5)nc4)C3C2)cc1. The molecule has 1 saturated carbocycles. The number of morpholine rings is 1. The van der Waals surface area contributed by atoms with Crippen molar-refractivity contribution in [2.45, 2.75) is 31.1 Å². The summed E-state index contributed by atoms with van der Waals surface area (Å²) in [7, 11) is -3.57. The second-order valence-corrected chi connectivity index (χ2v) is 14.8. The number of anilines is 2. The molecule has 1 aliphatic carbocycles. The summed E-state index contributed by atoms with van der Waals surface area (Å²) in [6, 6.07) is 14.7. The van der Waals surface area contributed by atoms with Crippen LogP contribution >= 0.6 is 11.3 Å². The van der Waals surface area contributed by atoms with Gasteiger partial charge in [-0.25, -0.2) is 18.2 Å². The first-order valence-corrected chi connectivity index (χ1v) is 16.4. The lowest BCUT2D eigenvalue weighted by Crippen LogP contribution is -2.38. The Morgan fingerprint density at radius 2 is 1.78 bits per heavy atom. The fraction of sp³-hybridized carbons (Fsp3) is 0.467. The van der Waals surface area contributed by atoms with Crippen molar-refractivity contribution in [1.82, 2.24) is 9.29 Å². The van der Waals surface area contributed by atoms with Crippen LogP contribution < -0.4 is 14.5 Å². The lowest BCUT2D eigenvalue weighted by atomic mass is 9.87. The van der Waals surface area contributed by atoms with Crippen LogP contribution in [0.25, 0.3) is 0 Å². The summed E-state index contributed by atoms with van der Waals surface area (Å²) in [5, 5.41) is 2.39. The molecule has 3 aromatic rings. The van der Waals surface area contributed by atoms with Crippen molar-refractivity contribution in [1.29, 1.82) is 0 Å². The van der Waals surface area contributed by atoms with Crippen molar-refractivity contribution >= 4 is 39.0 Å². The number of fused-ring (bicyclic) bond motifs is 1. The van der Waals surface area contributed by atoms with Crippen molar-refractivity contribution in [2.24, 2.45) is 17.8 Å². The van der Waals surface area contributed by atoms with E-state index in [1.165, 1.54) is 11.3 Å². The highest BCUT2D eigenvalue weighted by molar-refractivity contribution is 7.89. The van der Waals surface area contributed by atoms with Gasteiger partial charge in [0.1, 0.15) is 5.82 Å². The molecule has 2 aliphatic heterocycles. The summed E-state index contributed by atoms with van der Waals surface area (Å²) in [6.45, 7) is 10.6. The third-order valence-corrected chi connectivity index (χ3v) is 11.0. The zero-order valence-electron chi connectivity index (χ0n) is 23.6. The summed E-state index contributed by atoms with van der Waals surface area (Å²) >= 11 is 1.36. The smallest absolute Gasteiger partial charge is 0.399 e. The second kappa shape index (κ2) is 11.0. The van der Waals surface area contributed by atoms with Gasteiger partial charge in [-0.3, -0.25) is 4.90 Å². The van der Waals surface area contributed by atoms with Crippen molar-refractivity contribution < 1.29 is 22.7 Å². The van der Waals surface area contributed by atoms with Crippen LogP contribution in [0.15, 0.2) is 65.0 Å². The number of carbonyl (C=O) groups is 1. The van der Waals surface area contributed by atoms with Crippen molar-refractivity contribution in [3.8, 4) is 5.06 Å². The largest absolute Gasteiger partial charge is 0.420 e. The maximum Gasteiger partial charge on any atom is 0.420 e. The number of ether oxygens (including phenoxy) is 2. The molecule has 0 radical (unpaired) electrons. The van der Waals surface area contributed by atoms with E-state index in [1.54, 1.807) is 33.6 Å². The Hall–Kier alpha value is -2.99. The van der Waals surface area contributed by atoms with Crippen LogP contribution in [0.2, 0.25) is 0 Å². The number of pyridine rings is 1. The van der Waals surface area contributed by atoms with Crippen LogP contribution in [-0.2, 0) is 20.2 Å². The fourth-order valence-electron chi connectivity index (χ4n) is 5.83. The highest BCUT2D eigenvalue weighted by atomic mass is 32.2. The first kappa shape index (κ1) is 28.1. The standard InChI is InChI=1S/C30H36N4O5S2/c1-30(2,3)21-6-9-23(10-7-21)41(36,37)33-18-24-25(19-33)26(24)20-34(29(35)39-28-5-4-16-40-28)22-8-11-27(31-17-22)32-12-14-38-15-13-32/h4-11,16-17,24-26H,12-15,18-20H2,1-3H3. The molecular formula is C30H36N4O5S2. The normalized spacial score (nSPS) is 22.8. The Morgan fingerprint density at radius 3 is 2.37 bits per heavy atom. The minimum Gasteiger partial charge on any atom is -0.399 e. The Bertz CT molecular complexity index is 1450. The first-order valence-electron chi connectivity index (χ1n) is 14.0. The number of nitrogens with zero attached hydrogens (tertiary/aromatic N) is 4. The Morgan fingerprint density at radius 1 is 1.07 bits per heavy atom. The van der Waals surface area contributed by atoms with Crippen LogP contribution in [0.3, 0.4) is 0 Å². The molecule has 1 aromatic carbocycles. The molecule has 2 aromatic heterocycles. The minimum absolute atomic E-state index is 0.0420. The number of aromatic nitrogens is 1. The zero-order chi connectivity index (χ0) is 28.8. The van der Waals surface area contributed by atoms with Crippen molar-refractivity contribution in [3.63, 3.8) is 0 Å². The summed E-state index contributed by atoms with van der Waals surface area (Å²) in [6.07, 6.45) is 1.26. The average molecular weight is 597 g/mol. The lowest BCUT2D eigenvalue weighted by molar-refractivity contribution is 0.122. The van der Waals surface area contributed by atoms with Gasteiger partial charge >= 0.3 is 6.09 Å². The maximum atomic E-state index is 13.4. The Labute approximate surface area is 245 Å². The molecule has 3 aliphatic rings. The van der Waals surface area contributed by atoms with Gasteiger partial charge in [-0.05, 0) is 70.5 Å². The summed E-state index contributed by atoms with van der Waals surface area (Å²) in [5.74, 6) is 1.45. The van der Waals surface area contributed by atoms with E-state index in [4.69, 9.17) is 9.47 Å². The van der Waals surface area contributed by atoms with E-state index >= 15 is 0 Å². The third-order valence-electron chi connectivity index (χ3n) is 8.37. The van der Waals surface area contributed by atoms with E-state index in [0.29, 0.717) is 48.5 Å². The number of thiophene rings is 1. The van der Waals surface area contributed by atoms with Gasteiger partial charge in [0, 0.05) is 32.7 Å². The van der Waals surface area contributed by atoms with E-state index in [0.717, 1.165) is 24.5 Å². The summed E-state index contributed by atoms with van der Waals surface area (Å²) in [4.78, 5) is 22.1. The zero-order valence-corrected chi connectivity index (χ0v) is 25.2. The molecule has 9 nitrogen and oxygen atoms in total. The highest BCUT2D eigenvalue weighted by Gasteiger charge is 2.58. The van der Waals surface area contributed by atoms with Gasteiger partial charge in [-0.1, -0.05) is 32.9 Å². The average Bonchev–Trinajstić information content (AvgIpc) is 3.32. The number of amides is 1. The number of rotatable bonds is 7. The quantitative estimate of drug-likeness (QED) is 0.385. The molecule has 0 N–H and O–H groups in total. The first-order chi connectivity index (χ1) is 19.6. The lowest BCUT2D eigenvalue weighted by Gasteiger charge is -2.28. The van der Waals surface area contributed by atoms with Gasteiger partial charge in [0.05, 0.1) is 30.0 Å². The van der Waals surface area contributed by atoms with Gasteiger partial charge in [0.15, 0.2) is 5.06 Å². The molecule has 11 heteroatoms. The molecule has 1 amide bonds. The van der Waals surface area contributed by atoms with Crippen molar-refractivity contribution in [2.75, 3.05) is 55.7 Å². The molecule has 4 heterocycles. The number of hydrogen-bond acceptors (Lipinski definition) is 8. The number of carbonyl (C=O) groups excluding carboxylic acids is 1. The number of hydrogen-bond donors (Lipinski definition) is 0. The van der Waals surface area contributed by atoms with Gasteiger partial charge in [0.2, 0.25) is 10.0 Å². The minimum atomic E-state index is -3.57. The van der Waals surface area contributed by atoms with Crippen LogP contribution in [0.1, 0.15) is 26.3 Å². The summed E-state index contributed by atoms with van der Waals surface area (Å²) < 4.78 is 39.5. The number of benzene rings is 1. The molecule has 218 valence electrons. The van der Waals surface area contributed by atoms with Gasteiger partial charge in [-0.2, -0.15) is 4.31 Å². The molecule has 2 unspecified atom stereocenters. The molecule has 41 heavy (non-hydrogen) atoms. The van der Waals surface area contributed by atoms with E-state index in [-0.39, 0.29) is 23.2 Å². The van der Waals surface area contributed by atoms with Crippen LogP contribution in [-0.4, -0.2) is 69.7 Å². The van der Waals surface area contributed by atoms with E-state index < -0.39 is 16.1 Å². The molecule has 3 fully saturated rings. The van der Waals surface area contributed by atoms with Gasteiger partial charge < -0.3 is 14.4 Å². The molecular weight excluding hydrogens is 560 g/mol. The van der Waals surface area contributed by atoms with E-state index in [2.05, 4.69) is 30.7 Å². The van der Waals surface area contributed by atoms with Crippen LogP contribution in [0.4, 0.5) is 16.3 Å². The molecule has 0 spiro atoms. The molecule has 0 bridgehead atoms. The predicted molar refractivity (Wildman–Crippen MR) is 159 cm³/mol. The van der Waals surface area contributed by atoms with Gasteiger partial charge in [-0.15, -0.1) is 11.3 Å². The van der Waals surface area contributed by atoms with E-state index in [1.807, 2.05) is 35.7 Å². The van der Waals surface area contributed by atoms with Crippen molar-refractivity contribution in [3.05, 3.63) is 65.7 Å². The third kappa shape index (κ3) is 5.86. The fourth-order valence-corrected chi connectivity index (χ4v) is 7.91. The summed E-state index contributed by atoms with van der Waals surface area (Å²) in [5.41, 5.74) is 1.72. The predicted octanol–water partition coefficient (Wildman–Crippen LogP) is 4.85. The number of sulfonamides is 1.